The minimum Gasteiger partial charge on any atom is -0.387 e. The topological polar surface area (TPSA) is 83.7 Å². The number of non-ortho nitro benzene ring substituents is 1. The highest BCUT2D eigenvalue weighted by Crippen LogP contribution is 2.29. The Kier molecular flexibility index (Phi) is 4.11. The van der Waals surface area contributed by atoms with E-state index in [1.54, 1.807) is 17.0 Å². The summed E-state index contributed by atoms with van der Waals surface area (Å²) in [5.74, 6) is 0.0886. The van der Waals surface area contributed by atoms with Crippen LogP contribution in [0.15, 0.2) is 24.3 Å². The fraction of sp³-hybridized carbons (Fsp3) is 0.462. The Bertz CT molecular complexity index is 464. The van der Waals surface area contributed by atoms with Gasteiger partial charge in [-0.1, -0.05) is 12.1 Å². The summed E-state index contributed by atoms with van der Waals surface area (Å²) in [6, 6.07) is 6.60. The number of hydrogen-bond acceptors (Lipinski definition) is 4. The van der Waals surface area contributed by atoms with Crippen molar-refractivity contribution in [2.24, 2.45) is 0 Å². The third-order valence-corrected chi connectivity index (χ3v) is 3.56. The molecule has 0 unspecified atom stereocenters. The zero-order valence-electron chi connectivity index (χ0n) is 10.5. The van der Waals surface area contributed by atoms with Crippen molar-refractivity contribution in [3.8, 4) is 0 Å². The van der Waals surface area contributed by atoms with Gasteiger partial charge in [0.05, 0.1) is 4.92 Å². The van der Waals surface area contributed by atoms with Gasteiger partial charge in [0, 0.05) is 25.2 Å². The number of carbonyl (C=O) groups excluding carboxylic acids is 1. The number of nitro benzene ring substituents is 1. The smallest absolute Gasteiger partial charge is 0.269 e. The molecule has 1 aromatic rings. The highest BCUT2D eigenvalue weighted by Gasteiger charge is 2.23. The van der Waals surface area contributed by atoms with Crippen LogP contribution in [0.25, 0.3) is 0 Å². The lowest BCUT2D eigenvalue weighted by Crippen LogP contribution is -2.39. The predicted octanol–water partition coefficient (Wildman–Crippen LogP) is 1.29. The molecule has 102 valence electrons. The molecular weight excluding hydrogens is 248 g/mol. The van der Waals surface area contributed by atoms with E-state index < -0.39 is 11.5 Å². The Labute approximate surface area is 110 Å². The first-order chi connectivity index (χ1) is 9.11. The Morgan fingerprint density at radius 3 is 2.37 bits per heavy atom. The number of aliphatic hydroxyl groups excluding tert-OH is 1. The Morgan fingerprint density at radius 1 is 1.32 bits per heavy atom. The number of piperidine rings is 1. The van der Waals surface area contributed by atoms with Gasteiger partial charge in [0.15, 0.2) is 0 Å². The molecule has 2 rings (SSSR count). The number of nitrogens with zero attached hydrogens (tertiary/aromatic N) is 2. The van der Waals surface area contributed by atoms with Gasteiger partial charge in [0.25, 0.3) is 5.69 Å². The highest BCUT2D eigenvalue weighted by atomic mass is 16.6. The minimum atomic E-state index is -0.442. The lowest BCUT2D eigenvalue weighted by Gasteiger charge is -2.31. The van der Waals surface area contributed by atoms with Gasteiger partial charge in [-0.2, -0.15) is 0 Å². The second-order valence-corrected chi connectivity index (χ2v) is 4.66. The van der Waals surface area contributed by atoms with Gasteiger partial charge in [0.1, 0.15) is 6.61 Å². The van der Waals surface area contributed by atoms with Crippen molar-refractivity contribution in [3.63, 3.8) is 0 Å². The first-order valence-electron chi connectivity index (χ1n) is 6.25. The number of carbonyl (C=O) groups is 1. The molecule has 0 aromatic heterocycles. The standard InChI is InChI=1S/C13H16N2O4/c16-9-13(17)14-7-5-11(6-8-14)10-1-3-12(4-2-10)15(18)19/h1-4,11,16H,5-9H2. The molecule has 1 aliphatic rings. The Hall–Kier alpha value is -1.95. The van der Waals surface area contributed by atoms with Crippen molar-refractivity contribution in [2.45, 2.75) is 18.8 Å². The number of rotatable bonds is 3. The molecule has 1 amide bonds. The molecule has 6 heteroatoms. The molecule has 1 N–H and O–H groups in total. The Morgan fingerprint density at radius 2 is 1.89 bits per heavy atom. The largest absolute Gasteiger partial charge is 0.387 e. The van der Waals surface area contributed by atoms with Crippen LogP contribution >= 0.6 is 0 Å². The first-order valence-corrected chi connectivity index (χ1v) is 6.25. The van der Waals surface area contributed by atoms with E-state index in [9.17, 15) is 14.9 Å². The van der Waals surface area contributed by atoms with E-state index in [0.29, 0.717) is 19.0 Å². The fourth-order valence-corrected chi connectivity index (χ4v) is 2.43. The lowest BCUT2D eigenvalue weighted by molar-refractivity contribution is -0.384. The molecule has 0 bridgehead atoms. The van der Waals surface area contributed by atoms with Crippen LogP contribution in [0.5, 0.6) is 0 Å². The monoisotopic (exact) mass is 264 g/mol. The van der Waals surface area contributed by atoms with E-state index in [-0.39, 0.29) is 11.6 Å². The quantitative estimate of drug-likeness (QED) is 0.658. The summed E-state index contributed by atoms with van der Waals surface area (Å²) in [6.07, 6.45) is 1.65. The maximum absolute atomic E-state index is 11.3. The van der Waals surface area contributed by atoms with Crippen LogP contribution in [-0.2, 0) is 4.79 Å². The van der Waals surface area contributed by atoms with E-state index in [0.717, 1.165) is 18.4 Å². The SMILES string of the molecule is O=C(CO)N1CCC(c2ccc([N+](=O)[O-])cc2)CC1. The van der Waals surface area contributed by atoms with Crippen molar-refractivity contribution in [1.82, 2.24) is 4.90 Å². The van der Waals surface area contributed by atoms with Gasteiger partial charge in [0.2, 0.25) is 5.91 Å². The summed E-state index contributed by atoms with van der Waals surface area (Å²) in [6.45, 7) is 0.810. The molecule has 1 aliphatic heterocycles. The molecule has 0 saturated carbocycles. The molecule has 1 saturated heterocycles. The summed E-state index contributed by atoms with van der Waals surface area (Å²) < 4.78 is 0. The van der Waals surface area contributed by atoms with E-state index in [2.05, 4.69) is 0 Å². The van der Waals surface area contributed by atoms with E-state index >= 15 is 0 Å². The zero-order valence-corrected chi connectivity index (χ0v) is 10.5. The highest BCUT2D eigenvalue weighted by molar-refractivity contribution is 5.77. The van der Waals surface area contributed by atoms with Crippen LogP contribution in [0, 0.1) is 10.1 Å². The van der Waals surface area contributed by atoms with Crippen molar-refractivity contribution >= 4 is 11.6 Å². The number of aliphatic hydroxyl groups is 1. The summed E-state index contributed by atoms with van der Waals surface area (Å²) >= 11 is 0. The molecule has 6 nitrogen and oxygen atoms in total. The summed E-state index contributed by atoms with van der Waals surface area (Å²) in [7, 11) is 0. The van der Waals surface area contributed by atoms with Crippen LogP contribution < -0.4 is 0 Å². The van der Waals surface area contributed by atoms with Gasteiger partial charge in [-0.3, -0.25) is 14.9 Å². The number of nitro groups is 1. The molecule has 19 heavy (non-hydrogen) atoms. The first kappa shape index (κ1) is 13.5. The van der Waals surface area contributed by atoms with Crippen molar-refractivity contribution in [1.29, 1.82) is 0 Å². The van der Waals surface area contributed by atoms with Crippen LogP contribution in [-0.4, -0.2) is 40.5 Å². The molecule has 1 heterocycles. The molecule has 1 fully saturated rings. The number of amides is 1. The fourth-order valence-electron chi connectivity index (χ4n) is 2.43. The molecule has 0 spiro atoms. The molecule has 0 atom stereocenters. The van der Waals surface area contributed by atoms with Gasteiger partial charge < -0.3 is 10.0 Å². The average molecular weight is 264 g/mol. The van der Waals surface area contributed by atoms with Crippen molar-refractivity contribution < 1.29 is 14.8 Å². The van der Waals surface area contributed by atoms with Crippen LogP contribution in [0.2, 0.25) is 0 Å². The van der Waals surface area contributed by atoms with E-state index in [1.165, 1.54) is 12.1 Å². The lowest BCUT2D eigenvalue weighted by atomic mass is 9.89. The number of likely N-dealkylation sites (tertiary alicyclic amines) is 1. The second kappa shape index (κ2) is 5.79. The van der Waals surface area contributed by atoms with Crippen molar-refractivity contribution in [2.75, 3.05) is 19.7 Å². The Balaban J connectivity index is 1.97. The van der Waals surface area contributed by atoms with Gasteiger partial charge >= 0.3 is 0 Å². The summed E-state index contributed by atoms with van der Waals surface area (Å²) in [5.41, 5.74) is 1.17. The van der Waals surface area contributed by atoms with Crippen LogP contribution in [0.1, 0.15) is 24.3 Å². The number of benzene rings is 1. The average Bonchev–Trinajstić information content (AvgIpc) is 2.46. The van der Waals surface area contributed by atoms with Gasteiger partial charge in [-0.05, 0) is 24.3 Å². The van der Waals surface area contributed by atoms with Crippen LogP contribution in [0.3, 0.4) is 0 Å². The van der Waals surface area contributed by atoms with Gasteiger partial charge in [-0.15, -0.1) is 0 Å². The third kappa shape index (κ3) is 3.08. The maximum atomic E-state index is 11.3. The maximum Gasteiger partial charge on any atom is 0.269 e. The van der Waals surface area contributed by atoms with E-state index in [4.69, 9.17) is 5.11 Å². The predicted molar refractivity (Wildman–Crippen MR) is 68.7 cm³/mol. The van der Waals surface area contributed by atoms with Gasteiger partial charge in [-0.25, -0.2) is 0 Å². The van der Waals surface area contributed by atoms with E-state index in [1.807, 2.05) is 0 Å². The molecule has 1 aromatic carbocycles. The van der Waals surface area contributed by atoms with Crippen LogP contribution in [0.4, 0.5) is 5.69 Å². The zero-order chi connectivity index (χ0) is 13.8. The number of hydrogen-bond donors (Lipinski definition) is 1. The summed E-state index contributed by atoms with van der Waals surface area (Å²) in [4.78, 5) is 23.2. The minimum absolute atomic E-state index is 0.0941. The van der Waals surface area contributed by atoms with Crippen molar-refractivity contribution in [3.05, 3.63) is 39.9 Å². The summed E-state index contributed by atoms with van der Waals surface area (Å²) in [5, 5.41) is 19.4. The molecule has 0 aliphatic carbocycles. The molecule has 0 radical (unpaired) electrons. The third-order valence-electron chi connectivity index (χ3n) is 3.56. The molecular formula is C13H16N2O4. The second-order valence-electron chi connectivity index (χ2n) is 4.66. The normalized spacial score (nSPS) is 16.4.